The van der Waals surface area contributed by atoms with Crippen molar-refractivity contribution in [3.05, 3.63) is 23.2 Å². The van der Waals surface area contributed by atoms with Crippen molar-refractivity contribution in [3.8, 4) is 5.75 Å². The van der Waals surface area contributed by atoms with Gasteiger partial charge in [0.25, 0.3) is 0 Å². The fraction of sp³-hybridized carbons (Fsp3) is 0.538. The van der Waals surface area contributed by atoms with Gasteiger partial charge in [-0.3, -0.25) is 0 Å². The zero-order valence-corrected chi connectivity index (χ0v) is 12.9. The zero-order chi connectivity index (χ0) is 14.6. The van der Waals surface area contributed by atoms with Crippen molar-refractivity contribution in [1.82, 2.24) is 10.0 Å². The van der Waals surface area contributed by atoms with Gasteiger partial charge in [-0.1, -0.05) is 11.6 Å². The third-order valence-electron chi connectivity index (χ3n) is 3.44. The molecule has 5 nitrogen and oxygen atoms in total. The normalized spacial score (nSPS) is 19.2. The Bertz CT molecular complexity index is 557. The summed E-state index contributed by atoms with van der Waals surface area (Å²) >= 11 is 5.95. The van der Waals surface area contributed by atoms with Crippen LogP contribution in [-0.4, -0.2) is 35.2 Å². The molecule has 0 aliphatic carbocycles. The van der Waals surface area contributed by atoms with Gasteiger partial charge >= 0.3 is 0 Å². The number of sulfonamides is 1. The van der Waals surface area contributed by atoms with Crippen LogP contribution in [0.3, 0.4) is 0 Å². The second-order valence-electron chi connectivity index (χ2n) is 4.84. The standard InChI is InChI=1S/C13H19ClN2O3S/c1-19-13-3-2-11(8-12(13)14)20(17,18)16-7-5-10-4-6-15-9-10/h2-3,8,10,15-16H,4-7,9H2,1H3. The van der Waals surface area contributed by atoms with Crippen LogP contribution in [0, 0.1) is 5.92 Å². The predicted molar refractivity (Wildman–Crippen MR) is 78.8 cm³/mol. The molecule has 1 fully saturated rings. The van der Waals surface area contributed by atoms with Gasteiger partial charge in [-0.15, -0.1) is 0 Å². The third kappa shape index (κ3) is 3.85. The molecule has 1 aliphatic heterocycles. The molecular formula is C13H19ClN2O3S. The molecule has 2 rings (SSSR count). The molecule has 112 valence electrons. The number of benzene rings is 1. The fourth-order valence-corrected chi connectivity index (χ4v) is 3.65. The molecule has 0 bridgehead atoms. The molecule has 2 N–H and O–H groups in total. The lowest BCUT2D eigenvalue weighted by Gasteiger charge is -2.11. The molecule has 0 spiro atoms. The van der Waals surface area contributed by atoms with E-state index in [1.165, 1.54) is 19.2 Å². The lowest BCUT2D eigenvalue weighted by molar-refractivity contribution is 0.414. The first-order valence-corrected chi connectivity index (χ1v) is 8.43. The molecule has 1 saturated heterocycles. The molecule has 1 unspecified atom stereocenters. The largest absolute Gasteiger partial charge is 0.495 e. The number of nitrogens with one attached hydrogen (secondary N) is 2. The summed E-state index contributed by atoms with van der Waals surface area (Å²) in [6.45, 7) is 2.43. The fourth-order valence-electron chi connectivity index (χ4n) is 2.26. The lowest BCUT2D eigenvalue weighted by atomic mass is 10.1. The molecule has 0 saturated carbocycles. The summed E-state index contributed by atoms with van der Waals surface area (Å²) in [4.78, 5) is 0.160. The minimum Gasteiger partial charge on any atom is -0.495 e. The minimum atomic E-state index is -3.51. The number of hydrogen-bond donors (Lipinski definition) is 2. The Morgan fingerprint density at radius 2 is 2.30 bits per heavy atom. The maximum atomic E-state index is 12.1. The number of ether oxygens (including phenoxy) is 1. The summed E-state index contributed by atoms with van der Waals surface area (Å²) in [5.41, 5.74) is 0. The SMILES string of the molecule is COc1ccc(S(=O)(=O)NCCC2CCNC2)cc1Cl. The van der Waals surface area contributed by atoms with Gasteiger partial charge in [0.05, 0.1) is 17.0 Å². The van der Waals surface area contributed by atoms with Crippen molar-refractivity contribution in [1.29, 1.82) is 0 Å². The summed E-state index contributed by atoms with van der Waals surface area (Å²) in [6, 6.07) is 4.45. The number of methoxy groups -OCH3 is 1. The molecule has 1 atom stereocenters. The van der Waals surface area contributed by atoms with E-state index in [0.29, 0.717) is 18.2 Å². The van der Waals surface area contributed by atoms with Crippen molar-refractivity contribution in [2.24, 2.45) is 5.92 Å². The zero-order valence-electron chi connectivity index (χ0n) is 11.4. The van der Waals surface area contributed by atoms with Gasteiger partial charge in [0.2, 0.25) is 10.0 Å². The Balaban J connectivity index is 1.96. The predicted octanol–water partition coefficient (Wildman–Crippen LogP) is 1.63. The topological polar surface area (TPSA) is 67.4 Å². The van der Waals surface area contributed by atoms with E-state index in [9.17, 15) is 8.42 Å². The molecule has 7 heteroatoms. The van der Waals surface area contributed by atoms with E-state index in [2.05, 4.69) is 10.0 Å². The van der Waals surface area contributed by atoms with Gasteiger partial charge < -0.3 is 10.1 Å². The molecular weight excluding hydrogens is 300 g/mol. The monoisotopic (exact) mass is 318 g/mol. The summed E-state index contributed by atoms with van der Waals surface area (Å²) in [7, 11) is -2.02. The quantitative estimate of drug-likeness (QED) is 0.836. The van der Waals surface area contributed by atoms with Crippen LogP contribution in [0.25, 0.3) is 0 Å². The van der Waals surface area contributed by atoms with Crippen molar-refractivity contribution in [3.63, 3.8) is 0 Å². The van der Waals surface area contributed by atoms with Gasteiger partial charge in [0.15, 0.2) is 0 Å². The van der Waals surface area contributed by atoms with E-state index in [0.717, 1.165) is 25.9 Å². The molecule has 1 heterocycles. The number of hydrogen-bond acceptors (Lipinski definition) is 4. The Morgan fingerprint density at radius 3 is 2.90 bits per heavy atom. The van der Waals surface area contributed by atoms with E-state index in [1.807, 2.05) is 0 Å². The van der Waals surface area contributed by atoms with E-state index >= 15 is 0 Å². The van der Waals surface area contributed by atoms with E-state index in [-0.39, 0.29) is 9.92 Å². The first kappa shape index (κ1) is 15.6. The van der Waals surface area contributed by atoms with Crippen LogP contribution in [0.4, 0.5) is 0 Å². The van der Waals surface area contributed by atoms with Gasteiger partial charge in [-0.2, -0.15) is 0 Å². The van der Waals surface area contributed by atoms with Crippen molar-refractivity contribution >= 4 is 21.6 Å². The number of halogens is 1. The Morgan fingerprint density at radius 1 is 1.50 bits per heavy atom. The molecule has 1 aliphatic rings. The van der Waals surface area contributed by atoms with Crippen LogP contribution in [-0.2, 0) is 10.0 Å². The maximum Gasteiger partial charge on any atom is 0.240 e. The van der Waals surface area contributed by atoms with Crippen LogP contribution in [0.2, 0.25) is 5.02 Å². The van der Waals surface area contributed by atoms with Gasteiger partial charge in [-0.25, -0.2) is 13.1 Å². The minimum absolute atomic E-state index is 0.160. The highest BCUT2D eigenvalue weighted by Gasteiger charge is 2.18. The molecule has 0 aromatic heterocycles. The van der Waals surface area contributed by atoms with Crippen LogP contribution in [0.1, 0.15) is 12.8 Å². The lowest BCUT2D eigenvalue weighted by Crippen LogP contribution is -2.26. The van der Waals surface area contributed by atoms with Crippen molar-refractivity contribution < 1.29 is 13.2 Å². The van der Waals surface area contributed by atoms with E-state index in [1.54, 1.807) is 6.07 Å². The molecule has 1 aromatic rings. The molecule has 1 aromatic carbocycles. The third-order valence-corrected chi connectivity index (χ3v) is 5.19. The Labute approximate surface area is 124 Å². The molecule has 20 heavy (non-hydrogen) atoms. The highest BCUT2D eigenvalue weighted by molar-refractivity contribution is 7.89. The summed E-state index contributed by atoms with van der Waals surface area (Å²) in [5, 5.41) is 3.55. The van der Waals surface area contributed by atoms with Crippen molar-refractivity contribution in [2.75, 3.05) is 26.7 Å². The smallest absolute Gasteiger partial charge is 0.240 e. The van der Waals surface area contributed by atoms with E-state index < -0.39 is 10.0 Å². The second-order valence-corrected chi connectivity index (χ2v) is 7.02. The van der Waals surface area contributed by atoms with Gasteiger partial charge in [0, 0.05) is 6.54 Å². The van der Waals surface area contributed by atoms with Crippen LogP contribution in [0.5, 0.6) is 5.75 Å². The summed E-state index contributed by atoms with van der Waals surface area (Å²) < 4.78 is 31.9. The summed E-state index contributed by atoms with van der Waals surface area (Å²) in [6.07, 6.45) is 1.95. The first-order valence-electron chi connectivity index (χ1n) is 6.57. The second kappa shape index (κ2) is 6.76. The Kier molecular flexibility index (Phi) is 5.26. The molecule has 0 radical (unpaired) electrons. The Hall–Kier alpha value is -0.820. The highest BCUT2D eigenvalue weighted by Crippen LogP contribution is 2.26. The van der Waals surface area contributed by atoms with Crippen LogP contribution in [0.15, 0.2) is 23.1 Å². The summed E-state index contributed by atoms with van der Waals surface area (Å²) in [5.74, 6) is 1.01. The first-order chi connectivity index (χ1) is 9.53. The van der Waals surface area contributed by atoms with Gasteiger partial charge in [-0.05, 0) is 50.0 Å². The number of rotatable bonds is 6. The van der Waals surface area contributed by atoms with Crippen LogP contribution >= 0.6 is 11.6 Å². The van der Waals surface area contributed by atoms with Crippen molar-refractivity contribution in [2.45, 2.75) is 17.7 Å². The molecule has 0 amide bonds. The highest BCUT2D eigenvalue weighted by atomic mass is 35.5. The maximum absolute atomic E-state index is 12.1. The van der Waals surface area contributed by atoms with E-state index in [4.69, 9.17) is 16.3 Å². The average Bonchev–Trinajstić information content (AvgIpc) is 2.91. The van der Waals surface area contributed by atoms with Crippen LogP contribution < -0.4 is 14.8 Å². The van der Waals surface area contributed by atoms with Gasteiger partial charge in [0.1, 0.15) is 5.75 Å². The average molecular weight is 319 g/mol.